The van der Waals surface area contributed by atoms with Crippen LogP contribution < -0.4 is 11.1 Å². The summed E-state index contributed by atoms with van der Waals surface area (Å²) in [5, 5.41) is 7.97. The lowest BCUT2D eigenvalue weighted by Crippen LogP contribution is -2.47. The van der Waals surface area contributed by atoms with Crippen LogP contribution in [-0.4, -0.2) is 46.2 Å². The van der Waals surface area contributed by atoms with Crippen LogP contribution in [0.5, 0.6) is 0 Å². The summed E-state index contributed by atoms with van der Waals surface area (Å²) < 4.78 is 1.86. The van der Waals surface area contributed by atoms with Gasteiger partial charge < -0.3 is 16.0 Å². The van der Waals surface area contributed by atoms with Crippen molar-refractivity contribution in [1.82, 2.24) is 20.0 Å². The van der Waals surface area contributed by atoms with Gasteiger partial charge in [-0.25, -0.2) is 9.67 Å². The molecule has 27 heavy (non-hydrogen) atoms. The first kappa shape index (κ1) is 18.9. The third kappa shape index (κ3) is 5.32. The van der Waals surface area contributed by atoms with E-state index in [4.69, 9.17) is 10.7 Å². The van der Waals surface area contributed by atoms with Crippen molar-refractivity contribution in [2.24, 2.45) is 16.6 Å². The number of aromatic nitrogens is 2. The summed E-state index contributed by atoms with van der Waals surface area (Å²) in [6.07, 6.45) is 4.49. The fraction of sp³-hybridized carbons (Fsp3) is 0.450. The molecule has 7 nitrogen and oxygen atoms in total. The quantitative estimate of drug-likeness (QED) is 0.602. The largest absolute Gasteiger partial charge is 0.370 e. The molecule has 1 aliphatic heterocycles. The molecule has 1 aliphatic rings. The van der Waals surface area contributed by atoms with Crippen LogP contribution in [0, 0.1) is 5.92 Å². The number of likely N-dealkylation sites (tertiary alicyclic amines) is 1. The van der Waals surface area contributed by atoms with Gasteiger partial charge in [0, 0.05) is 32.3 Å². The molecule has 0 bridgehead atoms. The van der Waals surface area contributed by atoms with Gasteiger partial charge in [-0.15, -0.1) is 0 Å². The van der Waals surface area contributed by atoms with Crippen molar-refractivity contribution in [2.45, 2.75) is 32.7 Å². The fourth-order valence-electron chi connectivity index (χ4n) is 3.46. The highest BCUT2D eigenvalue weighted by atomic mass is 16.1. The van der Waals surface area contributed by atoms with Crippen LogP contribution in [0.3, 0.4) is 0 Å². The van der Waals surface area contributed by atoms with E-state index in [1.165, 1.54) is 0 Å². The Hall–Kier alpha value is -2.83. The van der Waals surface area contributed by atoms with Gasteiger partial charge in [0.2, 0.25) is 5.91 Å². The lowest BCUT2D eigenvalue weighted by atomic mass is 9.95. The van der Waals surface area contributed by atoms with Crippen molar-refractivity contribution in [2.75, 3.05) is 19.6 Å². The normalized spacial score (nSPS) is 17.7. The lowest BCUT2D eigenvalue weighted by molar-refractivity contribution is -0.119. The molecule has 3 N–H and O–H groups in total. The van der Waals surface area contributed by atoms with Crippen LogP contribution in [0.4, 0.5) is 0 Å². The number of hydrogen-bond donors (Lipinski definition) is 2. The average Bonchev–Trinajstić information content (AvgIpc) is 3.14. The number of aliphatic imine (C=N–C) groups is 1. The highest BCUT2D eigenvalue weighted by Gasteiger charge is 2.23. The van der Waals surface area contributed by atoms with Crippen molar-refractivity contribution >= 4 is 11.9 Å². The van der Waals surface area contributed by atoms with Gasteiger partial charge in [0.25, 0.3) is 0 Å². The van der Waals surface area contributed by atoms with E-state index in [-0.39, 0.29) is 5.91 Å². The van der Waals surface area contributed by atoms with Gasteiger partial charge in [0.15, 0.2) is 5.96 Å². The number of benzene rings is 1. The van der Waals surface area contributed by atoms with Crippen LogP contribution in [0.2, 0.25) is 0 Å². The maximum atomic E-state index is 11.2. The topological polar surface area (TPSA) is 88.5 Å². The Kier molecular flexibility index (Phi) is 6.46. The minimum absolute atomic E-state index is 0.227. The molecule has 0 aliphatic carbocycles. The predicted molar refractivity (Wildman–Crippen MR) is 106 cm³/mol. The summed E-state index contributed by atoms with van der Waals surface area (Å²) in [6, 6.07) is 12.0. The van der Waals surface area contributed by atoms with Crippen molar-refractivity contribution in [3.8, 4) is 5.69 Å². The fourth-order valence-corrected chi connectivity index (χ4v) is 3.46. The molecule has 7 heteroatoms. The smallest absolute Gasteiger partial charge is 0.217 e. The molecule has 2 aromatic rings. The number of primary amides is 1. The van der Waals surface area contributed by atoms with E-state index in [0.29, 0.717) is 18.9 Å². The van der Waals surface area contributed by atoms with Gasteiger partial charge in [-0.1, -0.05) is 18.2 Å². The number of hydrogen-bond acceptors (Lipinski definition) is 3. The molecule has 1 aromatic heterocycles. The monoisotopic (exact) mass is 368 g/mol. The SMILES string of the molecule is CCNC(=NCc1ccn(-c2ccccc2)n1)N1CCCC(CC(N)=O)C1. The Morgan fingerprint density at radius 3 is 2.89 bits per heavy atom. The Labute approximate surface area is 160 Å². The maximum absolute atomic E-state index is 11.2. The number of guanidine groups is 1. The number of rotatable bonds is 6. The van der Waals surface area contributed by atoms with E-state index in [9.17, 15) is 4.79 Å². The number of carbonyl (C=O) groups excluding carboxylic acids is 1. The molecule has 3 rings (SSSR count). The van der Waals surface area contributed by atoms with Gasteiger partial charge >= 0.3 is 0 Å². The predicted octanol–water partition coefficient (Wildman–Crippen LogP) is 1.93. The van der Waals surface area contributed by atoms with Gasteiger partial charge in [0.1, 0.15) is 0 Å². The zero-order valence-corrected chi connectivity index (χ0v) is 15.8. The second kappa shape index (κ2) is 9.21. The van der Waals surface area contributed by atoms with Crippen molar-refractivity contribution in [3.63, 3.8) is 0 Å². The van der Waals surface area contributed by atoms with Crippen molar-refractivity contribution in [1.29, 1.82) is 0 Å². The molecule has 144 valence electrons. The van der Waals surface area contributed by atoms with E-state index in [0.717, 1.165) is 49.8 Å². The number of para-hydroxylation sites is 1. The molecule has 1 aromatic carbocycles. The minimum Gasteiger partial charge on any atom is -0.370 e. The Morgan fingerprint density at radius 1 is 1.33 bits per heavy atom. The number of nitrogens with zero attached hydrogens (tertiary/aromatic N) is 4. The van der Waals surface area contributed by atoms with Crippen LogP contribution in [0.25, 0.3) is 5.69 Å². The van der Waals surface area contributed by atoms with Crippen molar-refractivity contribution < 1.29 is 4.79 Å². The first-order valence-corrected chi connectivity index (χ1v) is 9.57. The summed E-state index contributed by atoms with van der Waals surface area (Å²) in [5.74, 6) is 0.952. The first-order valence-electron chi connectivity index (χ1n) is 9.57. The average molecular weight is 368 g/mol. The van der Waals surface area contributed by atoms with E-state index < -0.39 is 0 Å². The van der Waals surface area contributed by atoms with Gasteiger partial charge in [0.05, 0.1) is 17.9 Å². The molecule has 0 spiro atoms. The van der Waals surface area contributed by atoms with Crippen molar-refractivity contribution in [3.05, 3.63) is 48.3 Å². The van der Waals surface area contributed by atoms with E-state index >= 15 is 0 Å². The minimum atomic E-state index is -0.227. The highest BCUT2D eigenvalue weighted by Crippen LogP contribution is 2.19. The van der Waals surface area contributed by atoms with E-state index in [1.807, 2.05) is 47.3 Å². The summed E-state index contributed by atoms with van der Waals surface area (Å²) in [5.41, 5.74) is 7.32. The van der Waals surface area contributed by atoms with Crippen LogP contribution in [0.15, 0.2) is 47.6 Å². The Bertz CT molecular complexity index is 770. The molecule has 1 unspecified atom stereocenters. The molecule has 1 amide bonds. The Morgan fingerprint density at radius 2 is 2.15 bits per heavy atom. The third-order valence-electron chi connectivity index (χ3n) is 4.70. The molecule has 0 saturated carbocycles. The van der Waals surface area contributed by atoms with Crippen LogP contribution in [0.1, 0.15) is 31.9 Å². The molecular formula is C20H28N6O. The second-order valence-corrected chi connectivity index (χ2v) is 6.88. The molecule has 1 atom stereocenters. The van der Waals surface area contributed by atoms with E-state index in [2.05, 4.69) is 22.2 Å². The lowest BCUT2D eigenvalue weighted by Gasteiger charge is -2.34. The van der Waals surface area contributed by atoms with Gasteiger partial charge in [-0.2, -0.15) is 5.10 Å². The number of amides is 1. The van der Waals surface area contributed by atoms with Gasteiger partial charge in [-0.05, 0) is 43.9 Å². The zero-order chi connectivity index (χ0) is 19.1. The summed E-state index contributed by atoms with van der Waals surface area (Å²) in [4.78, 5) is 18.2. The molecule has 1 fully saturated rings. The number of piperidine rings is 1. The molecule has 0 radical (unpaired) electrons. The standard InChI is InChI=1S/C20H28N6O/c1-2-22-20(25-11-6-7-16(15-25)13-19(21)27)23-14-17-10-12-26(24-17)18-8-4-3-5-9-18/h3-5,8-10,12,16H,2,6-7,11,13-15H2,1H3,(H2,21,27)(H,22,23). The third-order valence-corrected chi connectivity index (χ3v) is 4.70. The highest BCUT2D eigenvalue weighted by molar-refractivity contribution is 5.80. The Balaban J connectivity index is 1.67. The van der Waals surface area contributed by atoms with Crippen LogP contribution in [-0.2, 0) is 11.3 Å². The molecule has 2 heterocycles. The summed E-state index contributed by atoms with van der Waals surface area (Å²) >= 11 is 0. The summed E-state index contributed by atoms with van der Waals surface area (Å²) in [6.45, 7) is 5.13. The molecule has 1 saturated heterocycles. The zero-order valence-electron chi connectivity index (χ0n) is 15.8. The number of nitrogens with one attached hydrogen (secondary N) is 1. The molecular weight excluding hydrogens is 340 g/mol. The van der Waals surface area contributed by atoms with Gasteiger partial charge in [-0.3, -0.25) is 4.79 Å². The first-order chi connectivity index (χ1) is 13.2. The number of nitrogens with two attached hydrogens (primary N) is 1. The maximum Gasteiger partial charge on any atom is 0.217 e. The van der Waals surface area contributed by atoms with Crippen LogP contribution >= 0.6 is 0 Å². The van der Waals surface area contributed by atoms with E-state index in [1.54, 1.807) is 0 Å². The summed E-state index contributed by atoms with van der Waals surface area (Å²) in [7, 11) is 0. The number of carbonyl (C=O) groups is 1. The second-order valence-electron chi connectivity index (χ2n) is 6.88.